The summed E-state index contributed by atoms with van der Waals surface area (Å²) >= 11 is 5.93. The monoisotopic (exact) mass is 493 g/mol. The van der Waals surface area contributed by atoms with Gasteiger partial charge in [-0.05, 0) is 72.5 Å². The zero-order valence-electron chi connectivity index (χ0n) is 17.0. The van der Waals surface area contributed by atoms with Gasteiger partial charge in [0.05, 0.1) is 15.0 Å². The van der Waals surface area contributed by atoms with Crippen LogP contribution in [0.15, 0.2) is 82.6 Å². The van der Waals surface area contributed by atoms with Crippen LogP contribution in [0.4, 0.5) is 4.39 Å². The van der Waals surface area contributed by atoms with Crippen molar-refractivity contribution in [1.82, 2.24) is 4.31 Å². The van der Waals surface area contributed by atoms with Gasteiger partial charge in [0.2, 0.25) is 10.0 Å². The average molecular weight is 494 g/mol. The molecule has 9 heteroatoms. The summed E-state index contributed by atoms with van der Waals surface area (Å²) in [6.07, 6.45) is 0.353. The van der Waals surface area contributed by atoms with Crippen LogP contribution in [-0.2, 0) is 19.9 Å². The lowest BCUT2D eigenvalue weighted by molar-refractivity contribution is 0.345. The fourth-order valence-electron chi connectivity index (χ4n) is 3.83. The van der Waals surface area contributed by atoms with Crippen molar-refractivity contribution in [1.29, 1.82) is 0 Å². The Morgan fingerprint density at radius 3 is 2.03 bits per heavy atom. The van der Waals surface area contributed by atoms with Gasteiger partial charge in [-0.25, -0.2) is 21.2 Å². The minimum Gasteiger partial charge on any atom is -0.223 e. The normalized spacial score (nSPS) is 16.2. The molecule has 1 heterocycles. The van der Waals surface area contributed by atoms with Crippen molar-refractivity contribution in [2.75, 3.05) is 13.1 Å². The molecule has 4 rings (SSSR count). The van der Waals surface area contributed by atoms with Crippen molar-refractivity contribution in [2.45, 2.75) is 27.9 Å². The fraction of sp³-hybridized carbons (Fsp3) is 0.217. The van der Waals surface area contributed by atoms with Crippen molar-refractivity contribution in [2.24, 2.45) is 0 Å². The Bertz CT molecular complexity index is 1320. The molecule has 0 amide bonds. The van der Waals surface area contributed by atoms with Gasteiger partial charge in [0.1, 0.15) is 5.82 Å². The van der Waals surface area contributed by atoms with Crippen LogP contribution in [0.3, 0.4) is 0 Å². The van der Waals surface area contributed by atoms with Crippen LogP contribution in [0.1, 0.15) is 12.8 Å². The van der Waals surface area contributed by atoms with Gasteiger partial charge in [-0.1, -0.05) is 35.9 Å². The molecule has 1 saturated heterocycles. The van der Waals surface area contributed by atoms with Crippen LogP contribution in [0.2, 0.25) is 5.02 Å². The quantitative estimate of drug-likeness (QED) is 0.480. The molecule has 0 unspecified atom stereocenters. The maximum Gasteiger partial charge on any atom is 0.243 e. The number of nitrogens with zero attached hydrogens (tertiary/aromatic N) is 1. The number of halogens is 2. The van der Waals surface area contributed by atoms with E-state index < -0.39 is 30.9 Å². The number of hydrogen-bond acceptors (Lipinski definition) is 4. The van der Waals surface area contributed by atoms with Gasteiger partial charge in [0, 0.05) is 18.1 Å². The number of sulfone groups is 1. The van der Waals surface area contributed by atoms with Crippen molar-refractivity contribution >= 4 is 31.5 Å². The number of rotatable bonds is 5. The summed E-state index contributed by atoms with van der Waals surface area (Å²) in [6.45, 7) is 0.192. The van der Waals surface area contributed by atoms with Gasteiger partial charge in [0.15, 0.2) is 9.84 Å². The molecule has 3 aromatic rings. The molecule has 1 fully saturated rings. The summed E-state index contributed by atoms with van der Waals surface area (Å²) in [5.41, 5.74) is 1.59. The summed E-state index contributed by atoms with van der Waals surface area (Å²) < 4.78 is 66.6. The average Bonchev–Trinajstić information content (AvgIpc) is 2.80. The third-order valence-electron chi connectivity index (χ3n) is 5.63. The molecule has 5 nitrogen and oxygen atoms in total. The van der Waals surface area contributed by atoms with E-state index in [4.69, 9.17) is 11.6 Å². The van der Waals surface area contributed by atoms with Crippen LogP contribution in [-0.4, -0.2) is 39.5 Å². The molecule has 0 N–H and O–H groups in total. The second-order valence-electron chi connectivity index (χ2n) is 7.64. The number of benzene rings is 3. The van der Waals surface area contributed by atoms with Crippen LogP contribution < -0.4 is 0 Å². The second kappa shape index (κ2) is 8.94. The zero-order chi connectivity index (χ0) is 22.9. The number of hydrogen-bond donors (Lipinski definition) is 0. The number of piperidine rings is 1. The molecule has 168 valence electrons. The Morgan fingerprint density at radius 1 is 0.781 bits per heavy atom. The van der Waals surface area contributed by atoms with E-state index in [1.807, 2.05) is 18.2 Å². The third-order valence-corrected chi connectivity index (χ3v) is 10.1. The summed E-state index contributed by atoms with van der Waals surface area (Å²) in [7, 11) is -7.43. The van der Waals surface area contributed by atoms with Gasteiger partial charge in [-0.2, -0.15) is 4.31 Å². The highest BCUT2D eigenvalue weighted by atomic mass is 35.5. The van der Waals surface area contributed by atoms with E-state index in [2.05, 4.69) is 0 Å². The first-order chi connectivity index (χ1) is 15.2. The summed E-state index contributed by atoms with van der Waals surface area (Å²) in [6, 6.07) is 18.5. The molecule has 0 radical (unpaired) electrons. The van der Waals surface area contributed by atoms with E-state index in [-0.39, 0.29) is 35.7 Å². The molecular formula is C23H21ClFNO4S2. The molecule has 1 aliphatic heterocycles. The first-order valence-corrected chi connectivity index (χ1v) is 13.4. The van der Waals surface area contributed by atoms with Crippen molar-refractivity contribution in [3.05, 3.63) is 83.6 Å². The SMILES string of the molecule is O=S(=O)(c1ccc(F)cc1)C1CCN(S(=O)(=O)c2cccc(-c3ccc(Cl)cc3)c2)CC1. The van der Waals surface area contributed by atoms with Crippen LogP contribution in [0.25, 0.3) is 11.1 Å². The highest BCUT2D eigenvalue weighted by molar-refractivity contribution is 7.92. The van der Waals surface area contributed by atoms with Gasteiger partial charge < -0.3 is 0 Å². The summed E-state index contributed by atoms with van der Waals surface area (Å²) in [5, 5.41) is -0.115. The Hall–Kier alpha value is -2.26. The maximum atomic E-state index is 13.2. The molecule has 0 bridgehead atoms. The topological polar surface area (TPSA) is 71.5 Å². The minimum atomic E-state index is -3.78. The minimum absolute atomic E-state index is 0.0517. The molecule has 0 aliphatic carbocycles. The Balaban J connectivity index is 1.51. The molecule has 0 atom stereocenters. The van der Waals surface area contributed by atoms with Crippen molar-refractivity contribution in [3.8, 4) is 11.1 Å². The predicted octanol–water partition coefficient (Wildman–Crippen LogP) is 4.77. The predicted molar refractivity (Wildman–Crippen MR) is 122 cm³/mol. The van der Waals surface area contributed by atoms with E-state index in [0.29, 0.717) is 5.02 Å². The number of sulfonamides is 1. The summed E-state index contributed by atoms with van der Waals surface area (Å²) in [5.74, 6) is -0.509. The highest BCUT2D eigenvalue weighted by Crippen LogP contribution is 2.30. The molecular weight excluding hydrogens is 473 g/mol. The molecule has 3 aromatic carbocycles. The van der Waals surface area contributed by atoms with Crippen LogP contribution in [0.5, 0.6) is 0 Å². The Kier molecular flexibility index (Phi) is 6.40. The van der Waals surface area contributed by atoms with Crippen molar-refractivity contribution < 1.29 is 21.2 Å². The molecule has 0 saturated carbocycles. The van der Waals surface area contributed by atoms with Gasteiger partial charge >= 0.3 is 0 Å². The van der Waals surface area contributed by atoms with E-state index in [1.165, 1.54) is 22.5 Å². The molecule has 0 spiro atoms. The maximum absolute atomic E-state index is 13.2. The highest BCUT2D eigenvalue weighted by Gasteiger charge is 2.35. The van der Waals surface area contributed by atoms with Gasteiger partial charge in [-0.15, -0.1) is 0 Å². The summed E-state index contributed by atoms with van der Waals surface area (Å²) in [4.78, 5) is 0.209. The van der Waals surface area contributed by atoms with Gasteiger partial charge in [0.25, 0.3) is 0 Å². The van der Waals surface area contributed by atoms with E-state index in [0.717, 1.165) is 23.3 Å². The molecule has 32 heavy (non-hydrogen) atoms. The second-order valence-corrected chi connectivity index (χ2v) is 12.2. The van der Waals surface area contributed by atoms with Gasteiger partial charge in [-0.3, -0.25) is 0 Å². The first-order valence-electron chi connectivity index (χ1n) is 10.0. The Morgan fingerprint density at radius 2 is 1.41 bits per heavy atom. The smallest absolute Gasteiger partial charge is 0.223 e. The first kappa shape index (κ1) is 22.9. The van der Waals surface area contributed by atoms with Crippen molar-refractivity contribution in [3.63, 3.8) is 0 Å². The third kappa shape index (κ3) is 4.59. The van der Waals surface area contributed by atoms with E-state index in [9.17, 15) is 21.2 Å². The van der Waals surface area contributed by atoms with Crippen LogP contribution >= 0.6 is 11.6 Å². The lowest BCUT2D eigenvalue weighted by Crippen LogP contribution is -2.42. The molecule has 1 aliphatic rings. The fourth-order valence-corrected chi connectivity index (χ4v) is 7.20. The zero-order valence-corrected chi connectivity index (χ0v) is 19.4. The largest absolute Gasteiger partial charge is 0.243 e. The van der Waals surface area contributed by atoms with E-state index in [1.54, 1.807) is 24.3 Å². The van der Waals surface area contributed by atoms with Crippen LogP contribution in [0, 0.1) is 5.82 Å². The lowest BCUT2D eigenvalue weighted by atomic mass is 10.1. The van der Waals surface area contributed by atoms with E-state index >= 15 is 0 Å². The standard InChI is InChI=1S/C23H21ClFNO4S2/c24-19-6-4-17(5-7-19)18-2-1-3-23(16-18)32(29,30)26-14-12-22(13-15-26)31(27,28)21-10-8-20(25)9-11-21/h1-11,16,22H,12-15H2. The Labute approximate surface area is 192 Å². The molecule has 0 aromatic heterocycles. The lowest BCUT2D eigenvalue weighted by Gasteiger charge is -2.31.